The molecule has 128 valence electrons. The van der Waals surface area contributed by atoms with Crippen LogP contribution in [0.3, 0.4) is 0 Å². The molecule has 0 radical (unpaired) electrons. The molecule has 0 unspecified atom stereocenters. The van der Waals surface area contributed by atoms with E-state index in [1.54, 1.807) is 18.2 Å². The molecule has 4 nitrogen and oxygen atoms in total. The molecule has 0 saturated heterocycles. The summed E-state index contributed by atoms with van der Waals surface area (Å²) in [5.74, 6) is -0.432. The molecule has 0 fully saturated rings. The summed E-state index contributed by atoms with van der Waals surface area (Å²) in [5.41, 5.74) is 3.08. The summed E-state index contributed by atoms with van der Waals surface area (Å²) < 4.78 is 0. The fourth-order valence-corrected chi connectivity index (χ4v) is 3.28. The van der Waals surface area contributed by atoms with Crippen molar-refractivity contribution in [3.8, 4) is 0 Å². The van der Waals surface area contributed by atoms with Crippen LogP contribution in [0.5, 0.6) is 0 Å². The van der Waals surface area contributed by atoms with E-state index in [0.29, 0.717) is 28.0 Å². The SMILES string of the molecule is CCc1ccc(Cl)c(CC)c1NC(=O)c1c[nH]c2ccccc2c1=O. The number of carbonyl (C=O) groups excluding carboxylic acids is 1. The van der Waals surface area contributed by atoms with Crippen molar-refractivity contribution in [1.82, 2.24) is 4.98 Å². The number of H-pyrrole nitrogens is 1. The monoisotopic (exact) mass is 354 g/mol. The summed E-state index contributed by atoms with van der Waals surface area (Å²) in [6.07, 6.45) is 2.91. The van der Waals surface area contributed by atoms with Gasteiger partial charge in [0.15, 0.2) is 0 Å². The maximum atomic E-state index is 12.8. The Kier molecular flexibility index (Phi) is 4.91. The van der Waals surface area contributed by atoms with E-state index in [2.05, 4.69) is 10.3 Å². The molecule has 3 aromatic rings. The van der Waals surface area contributed by atoms with Crippen LogP contribution in [0.4, 0.5) is 5.69 Å². The van der Waals surface area contributed by atoms with Gasteiger partial charge in [-0.05, 0) is 42.2 Å². The maximum Gasteiger partial charge on any atom is 0.261 e. The molecule has 1 aromatic heterocycles. The zero-order valence-corrected chi connectivity index (χ0v) is 14.9. The predicted molar refractivity (Wildman–Crippen MR) is 103 cm³/mol. The summed E-state index contributed by atoms with van der Waals surface area (Å²) in [5, 5.41) is 4.01. The van der Waals surface area contributed by atoms with E-state index in [4.69, 9.17) is 11.6 Å². The van der Waals surface area contributed by atoms with E-state index >= 15 is 0 Å². The van der Waals surface area contributed by atoms with Crippen molar-refractivity contribution in [2.45, 2.75) is 26.7 Å². The largest absolute Gasteiger partial charge is 0.360 e. The third kappa shape index (κ3) is 3.17. The molecule has 5 heteroatoms. The topological polar surface area (TPSA) is 62.0 Å². The molecule has 0 aliphatic carbocycles. The molecular formula is C20H19ClN2O2. The lowest BCUT2D eigenvalue weighted by atomic mass is 10.0. The minimum Gasteiger partial charge on any atom is -0.360 e. The van der Waals surface area contributed by atoms with Gasteiger partial charge in [0, 0.05) is 27.8 Å². The first-order chi connectivity index (χ1) is 12.1. The standard InChI is InChI=1S/C20H19ClN2O2/c1-3-12-9-10-16(21)13(4-2)18(12)23-20(25)15-11-22-17-8-6-5-7-14(17)19(15)24/h5-11H,3-4H2,1-2H3,(H,22,24)(H,23,25). The molecule has 25 heavy (non-hydrogen) atoms. The number of pyridine rings is 1. The highest BCUT2D eigenvalue weighted by Crippen LogP contribution is 2.29. The average molecular weight is 355 g/mol. The number of anilines is 1. The Bertz CT molecular complexity index is 1010. The Morgan fingerprint density at radius 1 is 1.12 bits per heavy atom. The van der Waals surface area contributed by atoms with E-state index in [0.717, 1.165) is 17.5 Å². The minimum atomic E-state index is -0.432. The van der Waals surface area contributed by atoms with E-state index < -0.39 is 5.91 Å². The first kappa shape index (κ1) is 17.2. The van der Waals surface area contributed by atoms with Crippen LogP contribution < -0.4 is 10.7 Å². The number of aromatic amines is 1. The number of para-hydroxylation sites is 1. The lowest BCUT2D eigenvalue weighted by Crippen LogP contribution is -2.23. The first-order valence-electron chi connectivity index (χ1n) is 8.28. The molecule has 0 aliphatic rings. The molecule has 1 amide bonds. The number of fused-ring (bicyclic) bond motifs is 1. The van der Waals surface area contributed by atoms with Crippen LogP contribution in [0.1, 0.15) is 35.3 Å². The van der Waals surface area contributed by atoms with Crippen LogP contribution in [0.25, 0.3) is 10.9 Å². The second-order valence-electron chi connectivity index (χ2n) is 5.80. The Morgan fingerprint density at radius 2 is 1.88 bits per heavy atom. The van der Waals surface area contributed by atoms with Gasteiger partial charge in [-0.25, -0.2) is 0 Å². The minimum absolute atomic E-state index is 0.0859. The molecule has 1 heterocycles. The Hall–Kier alpha value is -2.59. The van der Waals surface area contributed by atoms with Crippen molar-refractivity contribution in [2.24, 2.45) is 0 Å². The number of benzene rings is 2. The van der Waals surface area contributed by atoms with Crippen LogP contribution in [-0.4, -0.2) is 10.9 Å². The Balaban J connectivity index is 2.06. The highest BCUT2D eigenvalue weighted by Gasteiger charge is 2.17. The van der Waals surface area contributed by atoms with Crippen LogP contribution in [0.2, 0.25) is 5.02 Å². The van der Waals surface area contributed by atoms with Crippen LogP contribution >= 0.6 is 11.6 Å². The van der Waals surface area contributed by atoms with Crippen molar-refractivity contribution < 1.29 is 4.79 Å². The van der Waals surface area contributed by atoms with Crippen molar-refractivity contribution in [2.75, 3.05) is 5.32 Å². The van der Waals surface area contributed by atoms with Crippen LogP contribution in [0, 0.1) is 0 Å². The van der Waals surface area contributed by atoms with Crippen LogP contribution in [-0.2, 0) is 12.8 Å². The fourth-order valence-electron chi connectivity index (χ4n) is 2.98. The maximum absolute atomic E-state index is 12.8. The number of halogens is 1. The van der Waals surface area contributed by atoms with Crippen molar-refractivity contribution >= 4 is 34.1 Å². The number of nitrogens with one attached hydrogen (secondary N) is 2. The number of hydrogen-bond donors (Lipinski definition) is 2. The normalized spacial score (nSPS) is 10.8. The summed E-state index contributed by atoms with van der Waals surface area (Å²) in [7, 11) is 0. The van der Waals surface area contributed by atoms with Gasteiger partial charge in [0.25, 0.3) is 5.91 Å². The predicted octanol–water partition coefficient (Wildman–Crippen LogP) is 4.56. The van der Waals surface area contributed by atoms with Gasteiger partial charge in [0.2, 0.25) is 5.43 Å². The molecule has 0 aliphatic heterocycles. The number of carbonyl (C=O) groups is 1. The van der Waals surface area contributed by atoms with Gasteiger partial charge in [-0.2, -0.15) is 0 Å². The molecule has 0 spiro atoms. The van der Waals surface area contributed by atoms with E-state index in [-0.39, 0.29) is 11.0 Å². The van der Waals surface area contributed by atoms with Crippen LogP contribution in [0.15, 0.2) is 47.4 Å². The molecule has 0 atom stereocenters. The summed E-state index contributed by atoms with van der Waals surface area (Å²) >= 11 is 6.28. The summed E-state index contributed by atoms with van der Waals surface area (Å²) in [6.45, 7) is 4.00. The zero-order valence-electron chi connectivity index (χ0n) is 14.2. The highest BCUT2D eigenvalue weighted by atomic mass is 35.5. The van der Waals surface area contributed by atoms with Gasteiger partial charge in [-0.3, -0.25) is 9.59 Å². The molecule has 3 rings (SSSR count). The van der Waals surface area contributed by atoms with E-state index in [9.17, 15) is 9.59 Å². The van der Waals surface area contributed by atoms with Crippen molar-refractivity contribution in [1.29, 1.82) is 0 Å². The van der Waals surface area contributed by atoms with Gasteiger partial charge in [0.05, 0.1) is 0 Å². The summed E-state index contributed by atoms with van der Waals surface area (Å²) in [4.78, 5) is 28.4. The Labute approximate surface area is 150 Å². The Morgan fingerprint density at radius 3 is 2.60 bits per heavy atom. The molecule has 0 saturated carbocycles. The van der Waals surface area contributed by atoms with Gasteiger partial charge < -0.3 is 10.3 Å². The zero-order chi connectivity index (χ0) is 18.0. The fraction of sp³-hybridized carbons (Fsp3) is 0.200. The molecule has 0 bridgehead atoms. The smallest absolute Gasteiger partial charge is 0.261 e. The lowest BCUT2D eigenvalue weighted by molar-refractivity contribution is 0.102. The summed E-state index contributed by atoms with van der Waals surface area (Å²) in [6, 6.07) is 10.9. The molecule has 2 aromatic carbocycles. The van der Waals surface area contributed by atoms with Crippen molar-refractivity contribution in [3.05, 3.63) is 74.5 Å². The van der Waals surface area contributed by atoms with E-state index in [1.807, 2.05) is 32.0 Å². The second kappa shape index (κ2) is 7.11. The van der Waals surface area contributed by atoms with Gasteiger partial charge >= 0.3 is 0 Å². The van der Waals surface area contributed by atoms with E-state index in [1.165, 1.54) is 6.20 Å². The third-order valence-corrected chi connectivity index (χ3v) is 4.70. The quantitative estimate of drug-likeness (QED) is 0.721. The number of hydrogen-bond acceptors (Lipinski definition) is 2. The number of aromatic nitrogens is 1. The second-order valence-corrected chi connectivity index (χ2v) is 6.21. The van der Waals surface area contributed by atoms with Gasteiger partial charge in [-0.1, -0.05) is 43.6 Å². The molecule has 2 N–H and O–H groups in total. The average Bonchev–Trinajstić information content (AvgIpc) is 2.62. The highest BCUT2D eigenvalue weighted by molar-refractivity contribution is 6.32. The lowest BCUT2D eigenvalue weighted by Gasteiger charge is -2.16. The number of aryl methyl sites for hydroxylation is 1. The van der Waals surface area contributed by atoms with Crippen molar-refractivity contribution in [3.63, 3.8) is 0 Å². The van der Waals surface area contributed by atoms with Gasteiger partial charge in [-0.15, -0.1) is 0 Å². The number of amides is 1. The number of rotatable bonds is 4. The first-order valence-corrected chi connectivity index (χ1v) is 8.66. The third-order valence-electron chi connectivity index (χ3n) is 4.35. The van der Waals surface area contributed by atoms with Gasteiger partial charge in [0.1, 0.15) is 5.56 Å². The molecular weight excluding hydrogens is 336 g/mol.